The van der Waals surface area contributed by atoms with E-state index in [2.05, 4.69) is 36.2 Å². The molecule has 4 aromatic rings. The van der Waals surface area contributed by atoms with Crippen LogP contribution in [0.4, 0.5) is 5.82 Å². The van der Waals surface area contributed by atoms with Crippen LogP contribution >= 0.6 is 27.3 Å². The highest BCUT2D eigenvalue weighted by molar-refractivity contribution is 9.10. The van der Waals surface area contributed by atoms with Crippen LogP contribution in [-0.4, -0.2) is 25.6 Å². The van der Waals surface area contributed by atoms with E-state index >= 15 is 0 Å². The Bertz CT molecular complexity index is 1160. The van der Waals surface area contributed by atoms with E-state index < -0.39 is 0 Å². The second kappa shape index (κ2) is 5.60. The SMILES string of the molecule is O=c1c2sc3ncnc(NC4CC4)c3c2ncn1-c1ccc(Br)cc1. The molecule has 5 rings (SSSR count). The van der Waals surface area contributed by atoms with Crippen LogP contribution in [0, 0.1) is 0 Å². The lowest BCUT2D eigenvalue weighted by Crippen LogP contribution is -2.17. The summed E-state index contributed by atoms with van der Waals surface area (Å²) in [6.45, 7) is 0. The number of hydrogen-bond acceptors (Lipinski definition) is 6. The molecule has 3 aromatic heterocycles. The highest BCUT2D eigenvalue weighted by Gasteiger charge is 2.24. The first-order valence-electron chi connectivity index (χ1n) is 7.88. The molecule has 1 saturated carbocycles. The predicted octanol–water partition coefficient (Wildman–Crippen LogP) is 3.73. The minimum Gasteiger partial charge on any atom is -0.367 e. The van der Waals surface area contributed by atoms with Crippen molar-refractivity contribution in [3.05, 3.63) is 51.7 Å². The highest BCUT2D eigenvalue weighted by atomic mass is 79.9. The third kappa shape index (κ3) is 2.52. The van der Waals surface area contributed by atoms with E-state index in [1.54, 1.807) is 10.9 Å². The topological polar surface area (TPSA) is 72.7 Å². The first-order chi connectivity index (χ1) is 12.2. The summed E-state index contributed by atoms with van der Waals surface area (Å²) in [4.78, 5) is 27.0. The van der Waals surface area contributed by atoms with Gasteiger partial charge in [0.05, 0.1) is 11.1 Å². The molecule has 0 radical (unpaired) electrons. The van der Waals surface area contributed by atoms with Gasteiger partial charge in [-0.25, -0.2) is 15.0 Å². The smallest absolute Gasteiger partial charge is 0.275 e. The molecule has 0 amide bonds. The zero-order valence-corrected chi connectivity index (χ0v) is 15.3. The van der Waals surface area contributed by atoms with E-state index in [1.807, 2.05) is 24.3 Å². The van der Waals surface area contributed by atoms with E-state index in [4.69, 9.17) is 0 Å². The van der Waals surface area contributed by atoms with Gasteiger partial charge < -0.3 is 5.32 Å². The van der Waals surface area contributed by atoms with Gasteiger partial charge in [-0.05, 0) is 37.1 Å². The number of anilines is 1. The van der Waals surface area contributed by atoms with Gasteiger partial charge in [0.15, 0.2) is 0 Å². The van der Waals surface area contributed by atoms with E-state index in [1.165, 1.54) is 17.7 Å². The summed E-state index contributed by atoms with van der Waals surface area (Å²) in [6.07, 6.45) is 5.42. The summed E-state index contributed by atoms with van der Waals surface area (Å²) < 4.78 is 3.12. The Hall–Kier alpha value is -2.32. The van der Waals surface area contributed by atoms with Gasteiger partial charge in [0, 0.05) is 10.5 Å². The fourth-order valence-corrected chi connectivity index (χ4v) is 4.07. The minimum absolute atomic E-state index is 0.0901. The molecule has 1 fully saturated rings. The second-order valence-corrected chi connectivity index (χ2v) is 7.91. The normalized spacial score (nSPS) is 14.3. The molecule has 8 heteroatoms. The Kier molecular flexibility index (Phi) is 3.36. The molecule has 1 aromatic carbocycles. The average Bonchev–Trinajstić information content (AvgIpc) is 3.34. The van der Waals surface area contributed by atoms with Crippen molar-refractivity contribution in [1.29, 1.82) is 0 Å². The summed E-state index contributed by atoms with van der Waals surface area (Å²) in [5.74, 6) is 0.770. The van der Waals surface area contributed by atoms with Crippen molar-refractivity contribution in [3.63, 3.8) is 0 Å². The van der Waals surface area contributed by atoms with Gasteiger partial charge in [-0.3, -0.25) is 9.36 Å². The molecule has 0 aliphatic heterocycles. The van der Waals surface area contributed by atoms with Gasteiger partial charge in [0.1, 0.15) is 33.5 Å². The van der Waals surface area contributed by atoms with Crippen LogP contribution in [0.3, 0.4) is 0 Å². The number of halogens is 1. The van der Waals surface area contributed by atoms with E-state index in [0.717, 1.165) is 39.0 Å². The molecule has 0 spiro atoms. The molecule has 0 atom stereocenters. The van der Waals surface area contributed by atoms with Crippen molar-refractivity contribution in [2.75, 3.05) is 5.32 Å². The molecule has 1 aliphatic carbocycles. The lowest BCUT2D eigenvalue weighted by molar-refractivity contribution is 0.967. The fraction of sp³-hybridized carbons (Fsp3) is 0.176. The number of hydrogen-bond donors (Lipinski definition) is 1. The van der Waals surface area contributed by atoms with Crippen molar-refractivity contribution in [2.24, 2.45) is 0 Å². The van der Waals surface area contributed by atoms with Crippen LogP contribution < -0.4 is 10.9 Å². The minimum atomic E-state index is -0.0901. The Labute approximate surface area is 154 Å². The Morgan fingerprint density at radius 2 is 1.96 bits per heavy atom. The molecule has 1 aliphatic rings. The van der Waals surface area contributed by atoms with Crippen molar-refractivity contribution >= 4 is 53.5 Å². The van der Waals surface area contributed by atoms with Crippen LogP contribution in [0.15, 0.2) is 46.2 Å². The van der Waals surface area contributed by atoms with Gasteiger partial charge in [0.25, 0.3) is 5.56 Å². The number of aromatic nitrogens is 4. The maximum atomic E-state index is 13.0. The maximum absolute atomic E-state index is 13.0. The van der Waals surface area contributed by atoms with Crippen LogP contribution in [0.5, 0.6) is 0 Å². The van der Waals surface area contributed by atoms with Gasteiger partial charge in [-0.2, -0.15) is 0 Å². The van der Waals surface area contributed by atoms with Crippen LogP contribution in [-0.2, 0) is 0 Å². The lowest BCUT2D eigenvalue weighted by Gasteiger charge is -2.06. The first-order valence-corrected chi connectivity index (χ1v) is 9.49. The largest absolute Gasteiger partial charge is 0.367 e. The standard InChI is InChI=1S/C17H12BrN5OS/c18-9-1-5-11(6-2-9)23-8-21-13-12-15(22-10-3-4-10)19-7-20-16(12)25-14(13)17(23)24/h1-2,5-8,10H,3-4H2,(H,19,20,22). The molecule has 25 heavy (non-hydrogen) atoms. The zero-order chi connectivity index (χ0) is 17.0. The van der Waals surface area contributed by atoms with E-state index in [9.17, 15) is 4.79 Å². The fourth-order valence-electron chi connectivity index (χ4n) is 2.78. The summed E-state index contributed by atoms with van der Waals surface area (Å²) in [5, 5.41) is 4.25. The summed E-state index contributed by atoms with van der Waals surface area (Å²) in [5.41, 5.74) is 1.36. The van der Waals surface area contributed by atoms with Crippen LogP contribution in [0.1, 0.15) is 12.8 Å². The number of nitrogens with zero attached hydrogens (tertiary/aromatic N) is 4. The Morgan fingerprint density at radius 3 is 2.72 bits per heavy atom. The molecule has 3 heterocycles. The Balaban J connectivity index is 1.74. The van der Waals surface area contributed by atoms with Gasteiger partial charge >= 0.3 is 0 Å². The first kappa shape index (κ1) is 15.0. The van der Waals surface area contributed by atoms with Crippen molar-refractivity contribution in [1.82, 2.24) is 19.5 Å². The Morgan fingerprint density at radius 1 is 1.16 bits per heavy atom. The predicted molar refractivity (Wildman–Crippen MR) is 103 cm³/mol. The number of rotatable bonds is 3. The third-order valence-electron chi connectivity index (χ3n) is 4.20. The van der Waals surface area contributed by atoms with E-state index in [0.29, 0.717) is 16.3 Å². The molecule has 0 unspecified atom stereocenters. The maximum Gasteiger partial charge on any atom is 0.275 e. The van der Waals surface area contributed by atoms with Gasteiger partial charge in [-0.1, -0.05) is 15.9 Å². The number of benzene rings is 1. The van der Waals surface area contributed by atoms with Crippen LogP contribution in [0.25, 0.3) is 26.1 Å². The molecule has 0 saturated heterocycles. The zero-order valence-electron chi connectivity index (χ0n) is 12.9. The van der Waals surface area contributed by atoms with Crippen molar-refractivity contribution in [2.45, 2.75) is 18.9 Å². The molecule has 124 valence electrons. The molecular formula is C17H12BrN5OS. The highest BCUT2D eigenvalue weighted by Crippen LogP contribution is 2.35. The number of fused-ring (bicyclic) bond motifs is 3. The monoisotopic (exact) mass is 413 g/mol. The summed E-state index contributed by atoms with van der Waals surface area (Å²) >= 11 is 4.77. The molecular weight excluding hydrogens is 402 g/mol. The average molecular weight is 414 g/mol. The van der Waals surface area contributed by atoms with E-state index in [-0.39, 0.29) is 5.56 Å². The van der Waals surface area contributed by atoms with Crippen LogP contribution in [0.2, 0.25) is 0 Å². The summed E-state index contributed by atoms with van der Waals surface area (Å²) in [6, 6.07) is 8.04. The molecule has 1 N–H and O–H groups in total. The lowest BCUT2D eigenvalue weighted by atomic mass is 10.3. The van der Waals surface area contributed by atoms with Crippen molar-refractivity contribution in [3.8, 4) is 5.69 Å². The number of thiophene rings is 1. The molecule has 6 nitrogen and oxygen atoms in total. The quantitative estimate of drug-likeness (QED) is 0.553. The summed E-state index contributed by atoms with van der Waals surface area (Å²) in [7, 11) is 0. The van der Waals surface area contributed by atoms with Crippen molar-refractivity contribution < 1.29 is 0 Å². The second-order valence-electron chi connectivity index (χ2n) is 6.00. The number of nitrogens with one attached hydrogen (secondary N) is 1. The van der Waals surface area contributed by atoms with Gasteiger partial charge in [-0.15, -0.1) is 11.3 Å². The molecule has 0 bridgehead atoms. The third-order valence-corrected chi connectivity index (χ3v) is 5.81. The van der Waals surface area contributed by atoms with Gasteiger partial charge in [0.2, 0.25) is 0 Å².